The maximum Gasteiger partial charge on any atom is 0.140 e. The van der Waals surface area contributed by atoms with E-state index in [1.165, 1.54) is 31.2 Å². The maximum absolute atomic E-state index is 5.36. The molecule has 3 nitrogen and oxygen atoms in total. The van der Waals surface area contributed by atoms with E-state index in [2.05, 4.69) is 35.2 Å². The van der Waals surface area contributed by atoms with E-state index in [0.717, 1.165) is 22.7 Å². The molecule has 0 amide bonds. The van der Waals surface area contributed by atoms with Crippen molar-refractivity contribution in [3.63, 3.8) is 0 Å². The predicted octanol–water partition coefficient (Wildman–Crippen LogP) is 3.18. The molecule has 0 spiro atoms. The van der Waals surface area contributed by atoms with Crippen LogP contribution >= 0.6 is 11.8 Å². The number of aromatic nitrogens is 1. The minimum absolute atomic E-state index is 0.750. The number of rotatable bonds is 4. The van der Waals surface area contributed by atoms with Crippen molar-refractivity contribution in [1.82, 2.24) is 4.98 Å². The smallest absolute Gasteiger partial charge is 0.140 e. The Morgan fingerprint density at radius 1 is 1.53 bits per heavy atom. The lowest BCUT2D eigenvalue weighted by molar-refractivity contribution is 0.394. The molecule has 1 fully saturated rings. The zero-order valence-corrected chi connectivity index (χ0v) is 11.2. The Morgan fingerprint density at radius 2 is 2.41 bits per heavy atom. The summed E-state index contributed by atoms with van der Waals surface area (Å²) in [6.07, 6.45) is 7.37. The van der Waals surface area contributed by atoms with Gasteiger partial charge in [0.25, 0.3) is 0 Å². The predicted molar refractivity (Wildman–Crippen MR) is 74.8 cm³/mol. The van der Waals surface area contributed by atoms with Gasteiger partial charge in [-0.15, -0.1) is 0 Å². The molecule has 1 aromatic heterocycles. The van der Waals surface area contributed by atoms with Gasteiger partial charge in [0.2, 0.25) is 0 Å². The lowest BCUT2D eigenvalue weighted by Gasteiger charge is -2.26. The first kappa shape index (κ1) is 12.7. The van der Waals surface area contributed by atoms with Gasteiger partial charge in [0.15, 0.2) is 0 Å². The lowest BCUT2D eigenvalue weighted by atomic mass is 9.91. The molecule has 0 bridgehead atoms. The number of nitrogens with two attached hydrogens (primary N) is 1. The van der Waals surface area contributed by atoms with Gasteiger partial charge in [-0.2, -0.15) is 11.8 Å². The van der Waals surface area contributed by atoms with Gasteiger partial charge < -0.3 is 5.43 Å². The summed E-state index contributed by atoms with van der Waals surface area (Å²) in [6, 6.07) is 4.10. The number of hydrazine groups is 1. The third-order valence-corrected chi connectivity index (χ3v) is 4.75. The van der Waals surface area contributed by atoms with Gasteiger partial charge in [-0.3, -0.25) is 0 Å². The second-order valence-corrected chi connectivity index (χ2v) is 6.19. The van der Waals surface area contributed by atoms with Crippen LogP contribution < -0.4 is 11.3 Å². The van der Waals surface area contributed by atoms with Gasteiger partial charge in [0.1, 0.15) is 5.82 Å². The quantitative estimate of drug-likeness (QED) is 0.637. The van der Waals surface area contributed by atoms with Crippen molar-refractivity contribution in [3.8, 4) is 0 Å². The Morgan fingerprint density at radius 3 is 3.18 bits per heavy atom. The first-order valence-corrected chi connectivity index (χ1v) is 7.36. The third-order valence-electron chi connectivity index (χ3n) is 3.35. The molecular formula is C13H21N3S. The fraction of sp³-hybridized carbons (Fsp3) is 0.615. The number of hydrogen-bond acceptors (Lipinski definition) is 4. The summed E-state index contributed by atoms with van der Waals surface area (Å²) >= 11 is 2.08. The maximum atomic E-state index is 5.36. The number of nitrogens with one attached hydrogen (secondary N) is 1. The van der Waals surface area contributed by atoms with E-state index in [0.29, 0.717) is 0 Å². The molecule has 1 heterocycles. The van der Waals surface area contributed by atoms with Gasteiger partial charge >= 0.3 is 0 Å². The standard InChI is InChI=1S/C13H21N3S/c1-10-3-2-4-12(7-10)17-9-11-5-6-15-13(8-11)16-14/h5-6,8,10,12H,2-4,7,9,14H2,1H3,(H,15,16). The molecule has 0 aliphatic heterocycles. The first-order chi connectivity index (χ1) is 8.28. The van der Waals surface area contributed by atoms with E-state index in [-0.39, 0.29) is 0 Å². The molecule has 1 saturated carbocycles. The molecule has 0 aromatic carbocycles. The first-order valence-electron chi connectivity index (χ1n) is 6.31. The van der Waals surface area contributed by atoms with Crippen molar-refractivity contribution >= 4 is 17.6 Å². The van der Waals surface area contributed by atoms with Crippen molar-refractivity contribution in [2.24, 2.45) is 11.8 Å². The van der Waals surface area contributed by atoms with Gasteiger partial charge in [0, 0.05) is 17.2 Å². The van der Waals surface area contributed by atoms with E-state index in [4.69, 9.17) is 5.84 Å². The van der Waals surface area contributed by atoms with Crippen LogP contribution in [0.5, 0.6) is 0 Å². The van der Waals surface area contributed by atoms with Crippen LogP contribution in [-0.2, 0) is 5.75 Å². The van der Waals surface area contributed by atoms with E-state index in [9.17, 15) is 0 Å². The van der Waals surface area contributed by atoms with E-state index in [1.807, 2.05) is 12.3 Å². The van der Waals surface area contributed by atoms with Gasteiger partial charge in [-0.25, -0.2) is 10.8 Å². The van der Waals surface area contributed by atoms with Crippen LogP contribution in [0.15, 0.2) is 18.3 Å². The summed E-state index contributed by atoms with van der Waals surface area (Å²) < 4.78 is 0. The largest absolute Gasteiger partial charge is 0.308 e. The zero-order chi connectivity index (χ0) is 12.1. The van der Waals surface area contributed by atoms with Gasteiger partial charge in [-0.1, -0.05) is 19.8 Å². The van der Waals surface area contributed by atoms with Gasteiger partial charge in [-0.05, 0) is 36.5 Å². The minimum atomic E-state index is 0.750. The fourth-order valence-electron chi connectivity index (χ4n) is 2.39. The Hall–Kier alpha value is -0.740. The van der Waals surface area contributed by atoms with Gasteiger partial charge in [0.05, 0.1) is 0 Å². The fourth-order valence-corrected chi connectivity index (χ4v) is 3.79. The highest BCUT2D eigenvalue weighted by Gasteiger charge is 2.18. The van der Waals surface area contributed by atoms with Crippen molar-refractivity contribution in [2.75, 3.05) is 5.43 Å². The summed E-state index contributed by atoms with van der Waals surface area (Å²) in [4.78, 5) is 4.12. The molecule has 2 unspecified atom stereocenters. The van der Waals surface area contributed by atoms with Crippen LogP contribution in [0.1, 0.15) is 38.2 Å². The SMILES string of the molecule is CC1CCCC(SCc2ccnc(NN)c2)C1. The second kappa shape index (κ2) is 6.26. The van der Waals surface area contributed by atoms with E-state index in [1.54, 1.807) is 0 Å². The second-order valence-electron chi connectivity index (χ2n) is 4.90. The van der Waals surface area contributed by atoms with Crippen LogP contribution in [0.3, 0.4) is 0 Å². The van der Waals surface area contributed by atoms with Crippen molar-refractivity contribution in [2.45, 2.75) is 43.6 Å². The normalized spacial score (nSPS) is 24.6. The number of pyridine rings is 1. The van der Waals surface area contributed by atoms with E-state index >= 15 is 0 Å². The molecular weight excluding hydrogens is 230 g/mol. The monoisotopic (exact) mass is 251 g/mol. The summed E-state index contributed by atoms with van der Waals surface area (Å²) in [5.74, 6) is 8.07. The summed E-state index contributed by atoms with van der Waals surface area (Å²) in [5.41, 5.74) is 3.89. The van der Waals surface area contributed by atoms with Crippen molar-refractivity contribution in [1.29, 1.82) is 0 Å². The molecule has 2 rings (SSSR count). The van der Waals surface area contributed by atoms with Crippen LogP contribution in [0.4, 0.5) is 5.82 Å². The Balaban J connectivity index is 1.84. The number of nitrogens with zero attached hydrogens (tertiary/aromatic N) is 1. The molecule has 17 heavy (non-hydrogen) atoms. The molecule has 3 N–H and O–H groups in total. The van der Waals surface area contributed by atoms with E-state index < -0.39 is 0 Å². The number of anilines is 1. The molecule has 2 atom stereocenters. The topological polar surface area (TPSA) is 50.9 Å². The van der Waals surface area contributed by atoms with Crippen molar-refractivity contribution in [3.05, 3.63) is 23.9 Å². The molecule has 0 saturated heterocycles. The lowest BCUT2D eigenvalue weighted by Crippen LogP contribution is -2.15. The number of hydrogen-bond donors (Lipinski definition) is 2. The number of nitrogen functional groups attached to an aromatic ring is 1. The average Bonchev–Trinajstić information content (AvgIpc) is 2.37. The van der Waals surface area contributed by atoms with Crippen LogP contribution in [-0.4, -0.2) is 10.2 Å². The van der Waals surface area contributed by atoms with Crippen LogP contribution in [0, 0.1) is 5.92 Å². The Labute approximate surface area is 108 Å². The number of thioether (sulfide) groups is 1. The molecule has 1 aliphatic carbocycles. The molecule has 4 heteroatoms. The van der Waals surface area contributed by atoms with Crippen LogP contribution in [0.25, 0.3) is 0 Å². The molecule has 0 radical (unpaired) electrons. The highest BCUT2D eigenvalue weighted by molar-refractivity contribution is 7.99. The summed E-state index contributed by atoms with van der Waals surface area (Å²) in [6.45, 7) is 2.37. The minimum Gasteiger partial charge on any atom is -0.308 e. The average molecular weight is 251 g/mol. The molecule has 1 aliphatic rings. The van der Waals surface area contributed by atoms with Crippen LogP contribution in [0.2, 0.25) is 0 Å². The zero-order valence-electron chi connectivity index (χ0n) is 10.4. The third kappa shape index (κ3) is 3.89. The molecule has 1 aromatic rings. The summed E-state index contributed by atoms with van der Waals surface area (Å²) in [5, 5.41) is 0.834. The highest BCUT2D eigenvalue weighted by Crippen LogP contribution is 2.33. The summed E-state index contributed by atoms with van der Waals surface area (Å²) in [7, 11) is 0. The molecule has 94 valence electrons. The Kier molecular flexibility index (Phi) is 4.68. The highest BCUT2D eigenvalue weighted by atomic mass is 32.2. The van der Waals surface area contributed by atoms with Crippen molar-refractivity contribution < 1.29 is 0 Å². The Bertz CT molecular complexity index is 356.